The van der Waals surface area contributed by atoms with E-state index in [1.807, 2.05) is 6.92 Å². The van der Waals surface area contributed by atoms with Crippen LogP contribution in [0.3, 0.4) is 0 Å². The van der Waals surface area contributed by atoms with Gasteiger partial charge in [-0.05, 0) is 26.2 Å². The molecule has 6 heteroatoms. The van der Waals surface area contributed by atoms with Crippen LogP contribution in [-0.4, -0.2) is 57.9 Å². The van der Waals surface area contributed by atoms with Gasteiger partial charge in [0.25, 0.3) is 0 Å². The van der Waals surface area contributed by atoms with Crippen molar-refractivity contribution in [2.45, 2.75) is 63.3 Å². The Hall–Kier alpha value is -1.14. The Bertz CT molecular complexity index is 376. The molecule has 2 aliphatic heterocycles. The van der Waals surface area contributed by atoms with E-state index in [0.717, 1.165) is 19.3 Å². The summed E-state index contributed by atoms with van der Waals surface area (Å²) in [7, 11) is 0. The average Bonchev–Trinajstić information content (AvgIpc) is 2.82. The molecule has 2 N–H and O–H groups in total. The number of aliphatic hydroxyl groups is 1. The number of carbonyl (C=O) groups excluding carboxylic acids is 1. The lowest BCUT2D eigenvalue weighted by atomic mass is 9.91. The van der Waals surface area contributed by atoms with Crippen LogP contribution in [0.15, 0.2) is 0 Å². The fraction of sp³-hybridized carbons (Fsp3) is 0.857. The third kappa shape index (κ3) is 3.49. The quantitative estimate of drug-likeness (QED) is 0.796. The number of hydrogen-bond acceptors (Lipinski definition) is 4. The molecule has 0 aliphatic carbocycles. The maximum absolute atomic E-state index is 12.1. The zero-order chi connectivity index (χ0) is 14.8. The maximum atomic E-state index is 12.1. The van der Waals surface area contributed by atoms with Gasteiger partial charge in [0.2, 0.25) is 5.91 Å². The number of aliphatic carboxylic acids is 1. The topological polar surface area (TPSA) is 87.1 Å². The number of ether oxygens (including phenoxy) is 1. The van der Waals surface area contributed by atoms with Gasteiger partial charge in [0, 0.05) is 32.4 Å². The second-order valence-corrected chi connectivity index (χ2v) is 5.90. The van der Waals surface area contributed by atoms with E-state index in [1.165, 1.54) is 0 Å². The number of carboxylic acid groups (broad SMARTS) is 1. The van der Waals surface area contributed by atoms with E-state index in [1.54, 1.807) is 4.90 Å². The SMILES string of the molecule is C[C@H]1CC[C@H](CCC(=O)N2CCC(O)(C(=O)O)CC2)O1. The summed E-state index contributed by atoms with van der Waals surface area (Å²) in [6.45, 7) is 2.66. The molecule has 0 saturated carbocycles. The number of likely N-dealkylation sites (tertiary alicyclic amines) is 1. The molecule has 20 heavy (non-hydrogen) atoms. The van der Waals surface area contributed by atoms with Crippen LogP contribution in [0.4, 0.5) is 0 Å². The Balaban J connectivity index is 1.73. The lowest BCUT2D eigenvalue weighted by Crippen LogP contribution is -2.50. The highest BCUT2D eigenvalue weighted by Gasteiger charge is 2.40. The zero-order valence-electron chi connectivity index (χ0n) is 11.9. The number of piperidine rings is 1. The fourth-order valence-electron chi connectivity index (χ4n) is 2.88. The van der Waals surface area contributed by atoms with Crippen molar-refractivity contribution in [2.24, 2.45) is 0 Å². The van der Waals surface area contributed by atoms with Crippen molar-refractivity contribution < 1.29 is 24.5 Å². The normalized spacial score (nSPS) is 29.4. The summed E-state index contributed by atoms with van der Waals surface area (Å²) in [6, 6.07) is 0. The Kier molecular flexibility index (Phi) is 4.65. The van der Waals surface area contributed by atoms with Crippen LogP contribution >= 0.6 is 0 Å². The van der Waals surface area contributed by atoms with E-state index in [2.05, 4.69) is 0 Å². The molecule has 2 aliphatic rings. The standard InChI is InChI=1S/C14H23NO5/c1-10-2-3-11(20-10)4-5-12(16)15-8-6-14(19,7-9-15)13(17)18/h10-11,19H,2-9H2,1H3,(H,17,18)/t10-,11+/m0/s1. The van der Waals surface area contributed by atoms with Crippen molar-refractivity contribution in [1.29, 1.82) is 0 Å². The molecule has 6 nitrogen and oxygen atoms in total. The largest absolute Gasteiger partial charge is 0.479 e. The van der Waals surface area contributed by atoms with E-state index in [-0.39, 0.29) is 31.0 Å². The smallest absolute Gasteiger partial charge is 0.335 e. The van der Waals surface area contributed by atoms with Crippen LogP contribution < -0.4 is 0 Å². The van der Waals surface area contributed by atoms with Crippen molar-refractivity contribution in [2.75, 3.05) is 13.1 Å². The van der Waals surface area contributed by atoms with Crippen molar-refractivity contribution in [3.8, 4) is 0 Å². The van der Waals surface area contributed by atoms with E-state index in [4.69, 9.17) is 9.84 Å². The number of carbonyl (C=O) groups is 2. The van der Waals surface area contributed by atoms with Gasteiger partial charge in [-0.2, -0.15) is 0 Å². The van der Waals surface area contributed by atoms with Gasteiger partial charge in [0.05, 0.1) is 12.2 Å². The first-order valence-electron chi connectivity index (χ1n) is 7.30. The Morgan fingerprint density at radius 3 is 2.45 bits per heavy atom. The molecule has 0 aromatic carbocycles. The summed E-state index contributed by atoms with van der Waals surface area (Å²) in [5, 5.41) is 18.7. The van der Waals surface area contributed by atoms with Gasteiger partial charge in [-0.15, -0.1) is 0 Å². The molecular weight excluding hydrogens is 262 g/mol. The number of nitrogens with zero attached hydrogens (tertiary/aromatic N) is 1. The van der Waals surface area contributed by atoms with Crippen molar-refractivity contribution in [3.63, 3.8) is 0 Å². The van der Waals surface area contributed by atoms with Crippen molar-refractivity contribution in [1.82, 2.24) is 4.90 Å². The van der Waals surface area contributed by atoms with E-state index < -0.39 is 11.6 Å². The van der Waals surface area contributed by atoms with Crippen molar-refractivity contribution in [3.05, 3.63) is 0 Å². The molecule has 0 aromatic rings. The second kappa shape index (κ2) is 6.10. The Morgan fingerprint density at radius 1 is 1.30 bits per heavy atom. The van der Waals surface area contributed by atoms with Crippen molar-refractivity contribution >= 4 is 11.9 Å². The molecule has 2 atom stereocenters. The number of hydrogen-bond donors (Lipinski definition) is 2. The molecule has 2 heterocycles. The third-order valence-corrected chi connectivity index (χ3v) is 4.34. The molecule has 0 aromatic heterocycles. The Labute approximate surface area is 118 Å². The summed E-state index contributed by atoms with van der Waals surface area (Å²) in [6.07, 6.45) is 3.88. The van der Waals surface area contributed by atoms with Gasteiger partial charge in [-0.1, -0.05) is 0 Å². The summed E-state index contributed by atoms with van der Waals surface area (Å²) in [5.74, 6) is -1.17. The first kappa shape index (κ1) is 15.3. The first-order chi connectivity index (χ1) is 9.40. The minimum absolute atomic E-state index is 0.0283. The number of rotatable bonds is 4. The second-order valence-electron chi connectivity index (χ2n) is 5.90. The molecule has 0 unspecified atom stereocenters. The van der Waals surface area contributed by atoms with Crippen LogP contribution in [0, 0.1) is 0 Å². The summed E-state index contributed by atoms with van der Waals surface area (Å²) in [4.78, 5) is 24.6. The predicted octanol–water partition coefficient (Wildman–Crippen LogP) is 0.772. The van der Waals surface area contributed by atoms with Gasteiger partial charge >= 0.3 is 5.97 Å². The lowest BCUT2D eigenvalue weighted by Gasteiger charge is -2.35. The molecule has 2 rings (SSSR count). The maximum Gasteiger partial charge on any atom is 0.335 e. The van der Waals surface area contributed by atoms with E-state index in [0.29, 0.717) is 19.5 Å². The first-order valence-corrected chi connectivity index (χ1v) is 7.30. The number of carboxylic acids is 1. The van der Waals surface area contributed by atoms with Crippen LogP contribution in [0.5, 0.6) is 0 Å². The average molecular weight is 285 g/mol. The molecule has 114 valence electrons. The van der Waals surface area contributed by atoms with Gasteiger partial charge < -0.3 is 19.8 Å². The molecule has 0 radical (unpaired) electrons. The summed E-state index contributed by atoms with van der Waals surface area (Å²) < 4.78 is 5.68. The van der Waals surface area contributed by atoms with Gasteiger partial charge in [-0.3, -0.25) is 4.79 Å². The minimum atomic E-state index is -1.67. The monoisotopic (exact) mass is 285 g/mol. The van der Waals surface area contributed by atoms with E-state index >= 15 is 0 Å². The summed E-state index contributed by atoms with van der Waals surface area (Å²) in [5.41, 5.74) is -1.67. The highest BCUT2D eigenvalue weighted by Crippen LogP contribution is 2.25. The van der Waals surface area contributed by atoms with Gasteiger partial charge in [0.15, 0.2) is 5.60 Å². The Morgan fingerprint density at radius 2 is 1.95 bits per heavy atom. The predicted molar refractivity (Wildman–Crippen MR) is 71.2 cm³/mol. The van der Waals surface area contributed by atoms with Crippen LogP contribution in [-0.2, 0) is 14.3 Å². The zero-order valence-corrected chi connectivity index (χ0v) is 11.9. The van der Waals surface area contributed by atoms with Crippen LogP contribution in [0.1, 0.15) is 45.4 Å². The van der Waals surface area contributed by atoms with Gasteiger partial charge in [-0.25, -0.2) is 4.79 Å². The molecule has 2 saturated heterocycles. The van der Waals surface area contributed by atoms with Crippen LogP contribution in [0.2, 0.25) is 0 Å². The minimum Gasteiger partial charge on any atom is -0.479 e. The highest BCUT2D eigenvalue weighted by molar-refractivity contribution is 5.79. The highest BCUT2D eigenvalue weighted by atomic mass is 16.5. The van der Waals surface area contributed by atoms with E-state index in [9.17, 15) is 14.7 Å². The molecule has 0 bridgehead atoms. The number of amides is 1. The summed E-state index contributed by atoms with van der Waals surface area (Å²) >= 11 is 0. The lowest BCUT2D eigenvalue weighted by molar-refractivity contribution is -0.165. The molecular formula is C14H23NO5. The van der Waals surface area contributed by atoms with Crippen LogP contribution in [0.25, 0.3) is 0 Å². The van der Waals surface area contributed by atoms with Gasteiger partial charge in [0.1, 0.15) is 0 Å². The molecule has 2 fully saturated rings. The molecule has 0 spiro atoms. The fourth-order valence-corrected chi connectivity index (χ4v) is 2.88. The molecule has 1 amide bonds. The third-order valence-electron chi connectivity index (χ3n) is 4.34.